The van der Waals surface area contributed by atoms with Crippen LogP contribution in [0.25, 0.3) is 10.9 Å². The number of carbonyl (C=O) groups is 1. The minimum Gasteiger partial charge on any atom is -0.484 e. The van der Waals surface area contributed by atoms with E-state index in [9.17, 15) is 4.79 Å². The number of fused-ring (bicyclic) bond motifs is 1. The third kappa shape index (κ3) is 5.06. The van der Waals surface area contributed by atoms with Gasteiger partial charge >= 0.3 is 0 Å². The van der Waals surface area contributed by atoms with E-state index in [0.717, 1.165) is 28.0 Å². The predicted molar refractivity (Wildman–Crippen MR) is 126 cm³/mol. The lowest BCUT2D eigenvalue weighted by atomic mass is 10.0. The number of aromatic nitrogens is 3. The van der Waals surface area contributed by atoms with Gasteiger partial charge < -0.3 is 19.9 Å². The van der Waals surface area contributed by atoms with Gasteiger partial charge in [0.25, 0.3) is 5.91 Å². The molecule has 0 radical (unpaired) electrons. The van der Waals surface area contributed by atoms with Crippen molar-refractivity contribution in [1.82, 2.24) is 20.3 Å². The lowest BCUT2D eigenvalue weighted by Crippen LogP contribution is -2.34. The molecule has 7 nitrogen and oxygen atoms in total. The van der Waals surface area contributed by atoms with Crippen LogP contribution >= 0.6 is 0 Å². The van der Waals surface area contributed by atoms with E-state index in [1.807, 2.05) is 86.7 Å². The fourth-order valence-corrected chi connectivity index (χ4v) is 3.63. The highest BCUT2D eigenvalue weighted by Crippen LogP contribution is 2.25. The highest BCUT2D eigenvalue weighted by atomic mass is 16.5. The predicted octanol–water partition coefficient (Wildman–Crippen LogP) is 3.81. The monoisotopic (exact) mass is 429 g/mol. The van der Waals surface area contributed by atoms with Crippen molar-refractivity contribution in [3.8, 4) is 5.75 Å². The molecule has 4 rings (SSSR count). The second-order valence-corrected chi connectivity index (χ2v) is 7.88. The summed E-state index contributed by atoms with van der Waals surface area (Å²) >= 11 is 0. The highest BCUT2D eigenvalue weighted by Gasteiger charge is 2.20. The van der Waals surface area contributed by atoms with Crippen molar-refractivity contribution in [1.29, 1.82) is 0 Å². The van der Waals surface area contributed by atoms with E-state index >= 15 is 0 Å². The summed E-state index contributed by atoms with van der Waals surface area (Å²) in [5, 5.41) is 4.24. The molecule has 0 aliphatic heterocycles. The second kappa shape index (κ2) is 9.51. The third-order valence-corrected chi connectivity index (χ3v) is 5.21. The summed E-state index contributed by atoms with van der Waals surface area (Å²) in [4.78, 5) is 27.2. The van der Waals surface area contributed by atoms with Crippen LogP contribution in [0.3, 0.4) is 0 Å². The first-order chi connectivity index (χ1) is 15.5. The number of rotatable bonds is 8. The number of benzene rings is 2. The molecule has 0 bridgehead atoms. The average Bonchev–Trinajstić information content (AvgIpc) is 3.20. The lowest BCUT2D eigenvalue weighted by Gasteiger charge is -2.21. The average molecular weight is 430 g/mol. The van der Waals surface area contributed by atoms with Crippen molar-refractivity contribution in [2.45, 2.75) is 19.4 Å². The number of H-pyrrole nitrogens is 1. The Balaban J connectivity index is 1.59. The normalized spacial score (nSPS) is 11.8. The molecule has 1 atom stereocenters. The van der Waals surface area contributed by atoms with Gasteiger partial charge in [-0.25, -0.2) is 9.97 Å². The van der Waals surface area contributed by atoms with E-state index in [0.29, 0.717) is 18.0 Å². The molecule has 2 aromatic carbocycles. The molecule has 0 saturated carbocycles. The number of nitrogens with zero attached hydrogens (tertiary/aromatic N) is 3. The molecule has 32 heavy (non-hydrogen) atoms. The first-order valence-electron chi connectivity index (χ1n) is 10.5. The zero-order valence-corrected chi connectivity index (χ0v) is 18.5. The molecule has 7 heteroatoms. The van der Waals surface area contributed by atoms with Crippen LogP contribution in [0.2, 0.25) is 0 Å². The Bertz CT molecular complexity index is 1200. The number of hydrogen-bond donors (Lipinski definition) is 2. The second-order valence-electron chi connectivity index (χ2n) is 7.88. The Morgan fingerprint density at radius 2 is 1.84 bits per heavy atom. The molecule has 0 saturated heterocycles. The number of ether oxygens (including phenoxy) is 1. The van der Waals surface area contributed by atoms with Crippen LogP contribution in [-0.4, -0.2) is 41.6 Å². The van der Waals surface area contributed by atoms with Gasteiger partial charge in [0.1, 0.15) is 17.4 Å². The van der Waals surface area contributed by atoms with Crippen molar-refractivity contribution in [3.05, 3.63) is 83.9 Å². The maximum absolute atomic E-state index is 12.8. The van der Waals surface area contributed by atoms with Crippen molar-refractivity contribution in [2.24, 2.45) is 0 Å². The number of anilines is 1. The quantitative estimate of drug-likeness (QED) is 0.445. The zero-order chi connectivity index (χ0) is 22.5. The molecule has 1 amide bonds. The zero-order valence-electron chi connectivity index (χ0n) is 18.5. The summed E-state index contributed by atoms with van der Waals surface area (Å²) < 4.78 is 5.64. The smallest absolute Gasteiger partial charge is 0.258 e. The standard InChI is InChI=1S/C25H27N5O2/c1-17-27-23(14-24(28-17)30(2)3)22(13-18-15-26-21-12-8-7-11-20(18)21)29-25(31)16-32-19-9-5-4-6-10-19/h4-12,14-15,22,26H,13,16H2,1-3H3,(H,29,31). The van der Waals surface area contributed by atoms with Crippen LogP contribution in [0.1, 0.15) is 23.1 Å². The Labute approximate surface area is 187 Å². The van der Waals surface area contributed by atoms with Crippen LogP contribution in [0.15, 0.2) is 66.9 Å². The molecule has 0 fully saturated rings. The fourth-order valence-electron chi connectivity index (χ4n) is 3.63. The van der Waals surface area contributed by atoms with Gasteiger partial charge in [0, 0.05) is 43.7 Å². The van der Waals surface area contributed by atoms with E-state index in [4.69, 9.17) is 4.74 Å². The molecule has 4 aromatic rings. The van der Waals surface area contributed by atoms with Gasteiger partial charge in [-0.3, -0.25) is 4.79 Å². The Morgan fingerprint density at radius 1 is 1.09 bits per heavy atom. The molecule has 2 aromatic heterocycles. The number of aryl methyl sites for hydroxylation is 1. The Hall–Kier alpha value is -3.87. The fraction of sp³-hybridized carbons (Fsp3) is 0.240. The van der Waals surface area contributed by atoms with Crippen LogP contribution < -0.4 is 15.0 Å². The summed E-state index contributed by atoms with van der Waals surface area (Å²) in [5.41, 5.74) is 2.94. The van der Waals surface area contributed by atoms with E-state index in [-0.39, 0.29) is 18.6 Å². The van der Waals surface area contributed by atoms with Crippen molar-refractivity contribution < 1.29 is 9.53 Å². The molecule has 2 heterocycles. The van der Waals surface area contributed by atoms with Crippen LogP contribution in [0.5, 0.6) is 5.75 Å². The maximum Gasteiger partial charge on any atom is 0.258 e. The van der Waals surface area contributed by atoms with Crippen molar-refractivity contribution in [2.75, 3.05) is 25.6 Å². The minimum absolute atomic E-state index is 0.0704. The summed E-state index contributed by atoms with van der Waals surface area (Å²) in [5.74, 6) is 1.90. The van der Waals surface area contributed by atoms with Crippen molar-refractivity contribution in [3.63, 3.8) is 0 Å². The third-order valence-electron chi connectivity index (χ3n) is 5.21. The molecule has 0 spiro atoms. The molecule has 1 unspecified atom stereocenters. The van der Waals surface area contributed by atoms with Crippen molar-refractivity contribution >= 4 is 22.6 Å². The van der Waals surface area contributed by atoms with Crippen LogP contribution in [0.4, 0.5) is 5.82 Å². The van der Waals surface area contributed by atoms with Gasteiger partial charge in [-0.05, 0) is 30.7 Å². The van der Waals surface area contributed by atoms with E-state index in [1.54, 1.807) is 0 Å². The van der Waals surface area contributed by atoms with Gasteiger partial charge in [0.15, 0.2) is 6.61 Å². The Morgan fingerprint density at radius 3 is 2.62 bits per heavy atom. The van der Waals surface area contributed by atoms with Crippen LogP contribution in [-0.2, 0) is 11.2 Å². The summed E-state index contributed by atoms with van der Waals surface area (Å²) in [7, 11) is 3.87. The molecular weight excluding hydrogens is 402 g/mol. The SMILES string of the molecule is Cc1nc(C(Cc2c[nH]c3ccccc23)NC(=O)COc2ccccc2)cc(N(C)C)n1. The van der Waals surface area contributed by atoms with Gasteiger partial charge in [-0.2, -0.15) is 0 Å². The van der Waals surface area contributed by atoms with Gasteiger partial charge in [-0.15, -0.1) is 0 Å². The molecule has 2 N–H and O–H groups in total. The summed E-state index contributed by atoms with van der Waals surface area (Å²) in [6.45, 7) is 1.79. The van der Waals surface area contributed by atoms with Crippen LogP contribution in [0, 0.1) is 6.92 Å². The summed E-state index contributed by atoms with van der Waals surface area (Å²) in [6, 6.07) is 19.0. The lowest BCUT2D eigenvalue weighted by molar-refractivity contribution is -0.123. The topological polar surface area (TPSA) is 83.1 Å². The van der Waals surface area contributed by atoms with E-state index < -0.39 is 0 Å². The minimum atomic E-state index is -0.332. The molecule has 164 valence electrons. The number of aromatic amines is 1. The first-order valence-corrected chi connectivity index (χ1v) is 10.5. The highest BCUT2D eigenvalue weighted by molar-refractivity contribution is 5.83. The number of nitrogens with one attached hydrogen (secondary N) is 2. The van der Waals surface area contributed by atoms with E-state index in [2.05, 4.69) is 26.3 Å². The summed E-state index contributed by atoms with van der Waals surface area (Å²) in [6.07, 6.45) is 2.58. The largest absolute Gasteiger partial charge is 0.484 e. The van der Waals surface area contributed by atoms with Gasteiger partial charge in [0.05, 0.1) is 11.7 Å². The number of carbonyl (C=O) groups excluding carboxylic acids is 1. The van der Waals surface area contributed by atoms with Gasteiger partial charge in [-0.1, -0.05) is 36.4 Å². The first kappa shape index (κ1) is 21.4. The Kier molecular flexibility index (Phi) is 6.35. The molecular formula is C25H27N5O2. The van der Waals surface area contributed by atoms with Gasteiger partial charge in [0.2, 0.25) is 0 Å². The molecule has 0 aliphatic carbocycles. The maximum atomic E-state index is 12.8. The van der Waals surface area contributed by atoms with E-state index in [1.165, 1.54) is 0 Å². The number of amides is 1. The number of hydrogen-bond acceptors (Lipinski definition) is 5. The number of para-hydroxylation sites is 2. The molecule has 0 aliphatic rings.